The highest BCUT2D eigenvalue weighted by Gasteiger charge is 2.20. The summed E-state index contributed by atoms with van der Waals surface area (Å²) in [6.07, 6.45) is 4.74. The number of nitrogens with one attached hydrogen (secondary N) is 1. The fourth-order valence-corrected chi connectivity index (χ4v) is 4.70. The summed E-state index contributed by atoms with van der Waals surface area (Å²) in [5.74, 6) is -1.17. The molecule has 2 heterocycles. The second-order valence-corrected chi connectivity index (χ2v) is 9.09. The summed E-state index contributed by atoms with van der Waals surface area (Å²) in [5, 5.41) is 8.65. The zero-order chi connectivity index (χ0) is 21.8. The molecule has 1 saturated heterocycles. The molecule has 0 amide bonds. The van der Waals surface area contributed by atoms with E-state index >= 15 is 0 Å². The third-order valence-electron chi connectivity index (χ3n) is 5.17. The lowest BCUT2D eigenvalue weighted by Crippen LogP contribution is -2.25. The molecule has 0 saturated carbocycles. The van der Waals surface area contributed by atoms with E-state index < -0.39 is 26.6 Å². The van der Waals surface area contributed by atoms with Crippen LogP contribution < -0.4 is 9.62 Å². The van der Waals surface area contributed by atoms with Gasteiger partial charge in [-0.15, -0.1) is 10.2 Å². The second-order valence-electron chi connectivity index (χ2n) is 7.44. The van der Waals surface area contributed by atoms with Gasteiger partial charge in [0.15, 0.2) is 5.82 Å². The Bertz CT molecular complexity index is 1160. The first-order valence-electron chi connectivity index (χ1n) is 10.1. The summed E-state index contributed by atoms with van der Waals surface area (Å²) in [5.41, 5.74) is 1.49. The van der Waals surface area contributed by atoms with E-state index in [0.29, 0.717) is 17.3 Å². The van der Waals surface area contributed by atoms with Crippen molar-refractivity contribution in [3.63, 3.8) is 0 Å². The van der Waals surface area contributed by atoms with E-state index in [2.05, 4.69) is 19.8 Å². The van der Waals surface area contributed by atoms with Crippen LogP contribution in [0.5, 0.6) is 0 Å². The van der Waals surface area contributed by atoms with Crippen LogP contribution in [0.1, 0.15) is 25.7 Å². The number of sulfonamides is 1. The molecule has 1 fully saturated rings. The molecule has 1 aliphatic heterocycles. The van der Waals surface area contributed by atoms with Crippen LogP contribution >= 0.6 is 0 Å². The fourth-order valence-electron chi connectivity index (χ4n) is 3.59. The molecule has 1 aliphatic rings. The van der Waals surface area contributed by atoms with Crippen LogP contribution in [0, 0.1) is 11.6 Å². The first-order valence-corrected chi connectivity index (χ1v) is 11.6. The molecule has 0 atom stereocenters. The third-order valence-corrected chi connectivity index (χ3v) is 6.59. The van der Waals surface area contributed by atoms with E-state index in [0.717, 1.165) is 43.9 Å². The van der Waals surface area contributed by atoms with Crippen LogP contribution in [-0.4, -0.2) is 31.7 Å². The van der Waals surface area contributed by atoms with Gasteiger partial charge in [0.2, 0.25) is 0 Å². The van der Waals surface area contributed by atoms with Crippen LogP contribution in [0.25, 0.3) is 11.3 Å². The highest BCUT2D eigenvalue weighted by atomic mass is 32.2. The Morgan fingerprint density at radius 3 is 2.32 bits per heavy atom. The minimum absolute atomic E-state index is 0.236. The number of aromatic nitrogens is 2. The standard InChI is InChI=1S/C22H22F2N4O2S/c23-17-8-10-21(19(24)15-17)31(29,30)27-18-7-5-6-16(14-18)20-9-11-22(26-25-20)28-12-3-1-2-4-13-28/h5-11,14-15,27H,1-4,12-13H2. The van der Waals surface area contributed by atoms with E-state index in [1.54, 1.807) is 24.3 Å². The highest BCUT2D eigenvalue weighted by molar-refractivity contribution is 7.92. The second kappa shape index (κ2) is 8.97. The summed E-state index contributed by atoms with van der Waals surface area (Å²) >= 11 is 0. The zero-order valence-electron chi connectivity index (χ0n) is 16.8. The monoisotopic (exact) mass is 444 g/mol. The maximum Gasteiger partial charge on any atom is 0.264 e. The Labute approximate surface area is 180 Å². The fraction of sp³-hybridized carbons (Fsp3) is 0.273. The summed E-state index contributed by atoms with van der Waals surface area (Å²) in [6.45, 7) is 1.93. The van der Waals surface area contributed by atoms with Crippen LogP contribution in [0.3, 0.4) is 0 Å². The smallest absolute Gasteiger partial charge is 0.264 e. The lowest BCUT2D eigenvalue weighted by Gasteiger charge is -2.20. The molecule has 0 bridgehead atoms. The van der Waals surface area contributed by atoms with Gasteiger partial charge in [0.1, 0.15) is 16.5 Å². The van der Waals surface area contributed by atoms with Crippen LogP contribution in [0.4, 0.5) is 20.3 Å². The van der Waals surface area contributed by atoms with Gasteiger partial charge < -0.3 is 4.90 Å². The minimum atomic E-state index is -4.22. The molecule has 2 aromatic carbocycles. The quantitative estimate of drug-likeness (QED) is 0.622. The van der Waals surface area contributed by atoms with Crippen molar-refractivity contribution in [3.05, 3.63) is 66.2 Å². The number of benzene rings is 2. The van der Waals surface area contributed by atoms with Crippen molar-refractivity contribution in [2.45, 2.75) is 30.6 Å². The van der Waals surface area contributed by atoms with Crippen molar-refractivity contribution in [2.24, 2.45) is 0 Å². The van der Waals surface area contributed by atoms with Crippen LogP contribution in [0.15, 0.2) is 59.5 Å². The van der Waals surface area contributed by atoms with Crippen LogP contribution in [0.2, 0.25) is 0 Å². The van der Waals surface area contributed by atoms with Gasteiger partial charge in [-0.25, -0.2) is 17.2 Å². The average molecular weight is 445 g/mol. The topological polar surface area (TPSA) is 75.2 Å². The normalized spacial score (nSPS) is 14.8. The molecular weight excluding hydrogens is 422 g/mol. The SMILES string of the molecule is O=S(=O)(Nc1cccc(-c2ccc(N3CCCCCC3)nn2)c1)c1ccc(F)cc1F. The Morgan fingerprint density at radius 2 is 1.65 bits per heavy atom. The van der Waals surface area contributed by atoms with Gasteiger partial charge in [0.05, 0.1) is 5.69 Å². The van der Waals surface area contributed by atoms with E-state index in [1.165, 1.54) is 12.8 Å². The molecule has 4 rings (SSSR count). The van der Waals surface area contributed by atoms with Gasteiger partial charge in [-0.3, -0.25) is 4.72 Å². The summed E-state index contributed by atoms with van der Waals surface area (Å²) in [7, 11) is -4.22. The van der Waals surface area contributed by atoms with Crippen molar-refractivity contribution in [1.29, 1.82) is 0 Å². The molecule has 31 heavy (non-hydrogen) atoms. The predicted molar refractivity (Wildman–Crippen MR) is 115 cm³/mol. The van der Waals surface area contributed by atoms with Gasteiger partial charge >= 0.3 is 0 Å². The van der Waals surface area contributed by atoms with E-state index in [4.69, 9.17) is 0 Å². The van der Waals surface area contributed by atoms with E-state index in [1.807, 2.05) is 12.1 Å². The zero-order valence-corrected chi connectivity index (χ0v) is 17.6. The van der Waals surface area contributed by atoms with Gasteiger partial charge in [0, 0.05) is 30.4 Å². The Morgan fingerprint density at radius 1 is 0.871 bits per heavy atom. The molecule has 0 unspecified atom stereocenters. The first kappa shape index (κ1) is 21.2. The molecule has 3 aromatic rings. The molecule has 6 nitrogen and oxygen atoms in total. The number of hydrogen-bond acceptors (Lipinski definition) is 5. The number of anilines is 2. The van der Waals surface area contributed by atoms with Crippen LogP contribution in [-0.2, 0) is 10.0 Å². The van der Waals surface area contributed by atoms with Crippen molar-refractivity contribution in [3.8, 4) is 11.3 Å². The molecule has 162 valence electrons. The number of rotatable bonds is 5. The summed E-state index contributed by atoms with van der Waals surface area (Å²) < 4.78 is 54.4. The average Bonchev–Trinajstić information content (AvgIpc) is 3.03. The lowest BCUT2D eigenvalue weighted by molar-refractivity contribution is 0.551. The number of hydrogen-bond donors (Lipinski definition) is 1. The molecule has 1 aromatic heterocycles. The molecule has 1 N–H and O–H groups in total. The third kappa shape index (κ3) is 4.99. The van der Waals surface area contributed by atoms with E-state index in [9.17, 15) is 17.2 Å². The van der Waals surface area contributed by atoms with Gasteiger partial charge in [-0.2, -0.15) is 0 Å². The highest BCUT2D eigenvalue weighted by Crippen LogP contribution is 2.25. The largest absolute Gasteiger partial charge is 0.355 e. The molecule has 9 heteroatoms. The maximum atomic E-state index is 13.9. The van der Waals surface area contributed by atoms with Crippen molar-refractivity contribution >= 4 is 21.5 Å². The molecule has 0 spiro atoms. The summed E-state index contributed by atoms with van der Waals surface area (Å²) in [6, 6.07) is 12.7. The van der Waals surface area contributed by atoms with E-state index in [-0.39, 0.29) is 5.69 Å². The lowest BCUT2D eigenvalue weighted by atomic mass is 10.1. The molecular formula is C22H22F2N4O2S. The van der Waals surface area contributed by atoms with Crippen molar-refractivity contribution in [1.82, 2.24) is 10.2 Å². The maximum absolute atomic E-state index is 13.9. The van der Waals surface area contributed by atoms with Gasteiger partial charge in [-0.05, 0) is 49.2 Å². The van der Waals surface area contributed by atoms with Crippen molar-refractivity contribution < 1.29 is 17.2 Å². The summed E-state index contributed by atoms with van der Waals surface area (Å²) in [4.78, 5) is 1.60. The minimum Gasteiger partial charge on any atom is -0.355 e. The Hall–Kier alpha value is -3.07. The Balaban J connectivity index is 1.54. The van der Waals surface area contributed by atoms with Crippen molar-refractivity contribution in [2.75, 3.05) is 22.7 Å². The molecule has 0 radical (unpaired) electrons. The molecule has 0 aliphatic carbocycles. The van der Waals surface area contributed by atoms with Gasteiger partial charge in [0.25, 0.3) is 10.0 Å². The van der Waals surface area contributed by atoms with Gasteiger partial charge in [-0.1, -0.05) is 25.0 Å². The first-order chi connectivity index (χ1) is 14.9. The number of nitrogens with zero attached hydrogens (tertiary/aromatic N) is 3. The predicted octanol–water partition coefficient (Wildman–Crippen LogP) is 4.60. The number of halogens is 2. The Kier molecular flexibility index (Phi) is 6.13.